The number of alkyl halides is 3. The van der Waals surface area contributed by atoms with E-state index in [0.717, 1.165) is 11.3 Å². The van der Waals surface area contributed by atoms with Gasteiger partial charge in [-0.05, 0) is 0 Å². The van der Waals surface area contributed by atoms with Gasteiger partial charge >= 0.3 is 12.1 Å². The highest BCUT2D eigenvalue weighted by atomic mass is 19.4. The maximum Gasteiger partial charge on any atom is 0.490 e. The van der Waals surface area contributed by atoms with E-state index in [1.165, 1.54) is 0 Å². The third-order valence-electron chi connectivity index (χ3n) is 2.07. The van der Waals surface area contributed by atoms with Gasteiger partial charge in [-0.15, -0.1) is 0 Å². The van der Waals surface area contributed by atoms with Crippen molar-refractivity contribution in [3.8, 4) is 11.3 Å². The van der Waals surface area contributed by atoms with Crippen LogP contribution in [0.15, 0.2) is 40.9 Å². The Bertz CT molecular complexity index is 553. The number of carbonyl (C=O) groups is 1. The van der Waals surface area contributed by atoms with E-state index in [9.17, 15) is 13.2 Å². The van der Waals surface area contributed by atoms with Crippen LogP contribution in [0.25, 0.3) is 11.3 Å². The topological polar surface area (TPSA) is 89.4 Å². The normalized spacial score (nSPS) is 10.6. The molecule has 3 N–H and O–H groups in total. The number of carboxylic acids is 1. The minimum atomic E-state index is -5.08. The summed E-state index contributed by atoms with van der Waals surface area (Å²) in [7, 11) is 0. The van der Waals surface area contributed by atoms with Gasteiger partial charge in [0.2, 0.25) is 0 Å². The predicted octanol–water partition coefficient (Wildman–Crippen LogP) is 2.43. The number of rotatable bonds is 2. The quantitative estimate of drug-likeness (QED) is 0.885. The number of aliphatic carboxylic acids is 1. The van der Waals surface area contributed by atoms with E-state index < -0.39 is 12.1 Å². The van der Waals surface area contributed by atoms with Gasteiger partial charge in [0.1, 0.15) is 5.69 Å². The van der Waals surface area contributed by atoms with Gasteiger partial charge in [-0.1, -0.05) is 35.5 Å². The van der Waals surface area contributed by atoms with Crippen LogP contribution in [0.2, 0.25) is 0 Å². The fraction of sp³-hybridized carbons (Fsp3) is 0.167. The Morgan fingerprint density at radius 2 is 1.85 bits per heavy atom. The fourth-order valence-corrected chi connectivity index (χ4v) is 1.15. The van der Waals surface area contributed by atoms with Crippen molar-refractivity contribution >= 4 is 5.97 Å². The molecule has 0 bridgehead atoms. The lowest BCUT2D eigenvalue weighted by atomic mass is 10.1. The largest absolute Gasteiger partial charge is 0.490 e. The lowest BCUT2D eigenvalue weighted by Gasteiger charge is -1.93. The standard InChI is InChI=1S/C10H10N2O.C2HF3O2/c11-7-9-6-10(12-13-9)8-4-2-1-3-5-8;3-2(4,5)1(6)7/h1-6H,7,11H2;(H,6,7). The minimum absolute atomic E-state index is 0.389. The molecule has 0 saturated heterocycles. The summed E-state index contributed by atoms with van der Waals surface area (Å²) in [5, 5.41) is 11.0. The van der Waals surface area contributed by atoms with Crippen molar-refractivity contribution in [1.29, 1.82) is 0 Å². The first-order chi connectivity index (χ1) is 9.34. The molecule has 0 radical (unpaired) electrons. The van der Waals surface area contributed by atoms with Crippen molar-refractivity contribution in [3.05, 3.63) is 42.2 Å². The Morgan fingerprint density at radius 3 is 2.25 bits per heavy atom. The van der Waals surface area contributed by atoms with Gasteiger partial charge in [0, 0.05) is 11.6 Å². The monoisotopic (exact) mass is 288 g/mol. The molecule has 20 heavy (non-hydrogen) atoms. The third kappa shape index (κ3) is 4.73. The van der Waals surface area contributed by atoms with Gasteiger partial charge < -0.3 is 15.4 Å². The number of hydrogen-bond donors (Lipinski definition) is 2. The van der Waals surface area contributed by atoms with E-state index in [4.69, 9.17) is 20.2 Å². The molecule has 0 spiro atoms. The highest BCUT2D eigenvalue weighted by Crippen LogP contribution is 2.17. The maximum absolute atomic E-state index is 10.6. The van der Waals surface area contributed by atoms with Crippen molar-refractivity contribution < 1.29 is 27.6 Å². The summed E-state index contributed by atoms with van der Waals surface area (Å²) < 4.78 is 36.7. The van der Waals surface area contributed by atoms with Crippen molar-refractivity contribution in [2.45, 2.75) is 12.7 Å². The van der Waals surface area contributed by atoms with Crippen molar-refractivity contribution in [1.82, 2.24) is 5.16 Å². The van der Waals surface area contributed by atoms with Gasteiger partial charge in [0.25, 0.3) is 0 Å². The SMILES string of the molecule is NCc1cc(-c2ccccc2)no1.O=C(O)C(F)(F)F. The van der Waals surface area contributed by atoms with Gasteiger partial charge in [-0.2, -0.15) is 13.2 Å². The Labute approximate surface area is 111 Å². The molecule has 0 aliphatic carbocycles. The summed E-state index contributed by atoms with van der Waals surface area (Å²) in [6.07, 6.45) is -5.08. The molecule has 0 unspecified atom stereocenters. The third-order valence-corrected chi connectivity index (χ3v) is 2.07. The summed E-state index contributed by atoms with van der Waals surface area (Å²) >= 11 is 0. The number of hydrogen-bond acceptors (Lipinski definition) is 4. The Kier molecular flexibility index (Phi) is 5.27. The molecule has 0 atom stereocenters. The van der Waals surface area contributed by atoms with Gasteiger partial charge in [0.05, 0.1) is 6.54 Å². The molecule has 2 aromatic rings. The molecule has 0 fully saturated rings. The summed E-state index contributed by atoms with van der Waals surface area (Å²) in [4.78, 5) is 8.90. The Balaban J connectivity index is 0.000000246. The van der Waals surface area contributed by atoms with Gasteiger partial charge in [-0.25, -0.2) is 4.79 Å². The molecule has 5 nitrogen and oxygen atoms in total. The van der Waals surface area contributed by atoms with Crippen molar-refractivity contribution in [2.24, 2.45) is 5.73 Å². The van der Waals surface area contributed by atoms with E-state index >= 15 is 0 Å². The van der Waals surface area contributed by atoms with E-state index in [2.05, 4.69) is 5.16 Å². The summed E-state index contributed by atoms with van der Waals surface area (Å²) in [6, 6.07) is 11.7. The predicted molar refractivity (Wildman–Crippen MR) is 63.5 cm³/mol. The molecule has 108 valence electrons. The second kappa shape index (κ2) is 6.71. The molecule has 1 heterocycles. The van der Waals surface area contributed by atoms with E-state index in [-0.39, 0.29) is 0 Å². The lowest BCUT2D eigenvalue weighted by molar-refractivity contribution is -0.192. The molecule has 2 rings (SSSR count). The molecule has 1 aromatic heterocycles. The number of nitrogens with two attached hydrogens (primary N) is 1. The van der Waals surface area contributed by atoms with Crippen LogP contribution in [0.4, 0.5) is 13.2 Å². The zero-order valence-electron chi connectivity index (χ0n) is 10.1. The van der Waals surface area contributed by atoms with Crippen LogP contribution in [0.1, 0.15) is 5.76 Å². The first-order valence-corrected chi connectivity index (χ1v) is 5.35. The first kappa shape index (κ1) is 15.7. The van der Waals surface area contributed by atoms with E-state index in [1.54, 1.807) is 0 Å². The number of aromatic nitrogens is 1. The van der Waals surface area contributed by atoms with Crippen LogP contribution < -0.4 is 5.73 Å². The van der Waals surface area contributed by atoms with Crippen molar-refractivity contribution in [3.63, 3.8) is 0 Å². The lowest BCUT2D eigenvalue weighted by Crippen LogP contribution is -2.21. The molecule has 8 heteroatoms. The van der Waals surface area contributed by atoms with Crippen LogP contribution >= 0.6 is 0 Å². The Morgan fingerprint density at radius 1 is 1.30 bits per heavy atom. The second-order valence-electron chi connectivity index (χ2n) is 3.55. The van der Waals surface area contributed by atoms with Crippen LogP contribution in [0, 0.1) is 0 Å². The second-order valence-corrected chi connectivity index (χ2v) is 3.55. The average Bonchev–Trinajstić information content (AvgIpc) is 2.88. The molecule has 0 amide bonds. The molecular formula is C12H11F3N2O3. The van der Waals surface area contributed by atoms with E-state index in [1.807, 2.05) is 36.4 Å². The average molecular weight is 288 g/mol. The first-order valence-electron chi connectivity index (χ1n) is 5.35. The zero-order valence-corrected chi connectivity index (χ0v) is 10.1. The highest BCUT2D eigenvalue weighted by molar-refractivity contribution is 5.73. The van der Waals surface area contributed by atoms with Crippen LogP contribution in [-0.2, 0) is 11.3 Å². The summed E-state index contributed by atoms with van der Waals surface area (Å²) in [5.41, 5.74) is 7.29. The number of carboxylic acid groups (broad SMARTS) is 1. The van der Waals surface area contributed by atoms with Crippen LogP contribution in [0.3, 0.4) is 0 Å². The molecule has 1 aromatic carbocycles. The summed E-state index contributed by atoms with van der Waals surface area (Å²) in [5.74, 6) is -2.05. The van der Waals surface area contributed by atoms with Gasteiger partial charge in [0.15, 0.2) is 5.76 Å². The minimum Gasteiger partial charge on any atom is -0.475 e. The fourth-order valence-electron chi connectivity index (χ4n) is 1.15. The van der Waals surface area contributed by atoms with Gasteiger partial charge in [-0.3, -0.25) is 0 Å². The number of nitrogens with zero attached hydrogens (tertiary/aromatic N) is 1. The number of halogens is 3. The molecule has 0 aliphatic rings. The number of benzene rings is 1. The molecule has 0 aliphatic heterocycles. The molecular weight excluding hydrogens is 277 g/mol. The highest BCUT2D eigenvalue weighted by Gasteiger charge is 2.38. The summed E-state index contributed by atoms with van der Waals surface area (Å²) in [6.45, 7) is 0.389. The molecule has 0 saturated carbocycles. The van der Waals surface area contributed by atoms with Crippen LogP contribution in [-0.4, -0.2) is 22.4 Å². The Hall–Kier alpha value is -2.35. The zero-order chi connectivity index (χ0) is 15.2. The smallest absolute Gasteiger partial charge is 0.475 e. The van der Waals surface area contributed by atoms with Crippen LogP contribution in [0.5, 0.6) is 0 Å². The van der Waals surface area contributed by atoms with E-state index in [0.29, 0.717) is 12.3 Å². The van der Waals surface area contributed by atoms with Crippen molar-refractivity contribution in [2.75, 3.05) is 0 Å². The maximum atomic E-state index is 10.6.